The quantitative estimate of drug-likeness (QED) is 0.134. The molecule has 4 rings (SSSR count). The lowest BCUT2D eigenvalue weighted by atomic mass is 9.76. The SMILES string of the molecule is C#CCCCOc1ccc(CCC2CCC(c3ccc(-c4ccc(C(O)CCC)cc4)c(F)c3F)CC2)c(F)c1F. The van der Waals surface area contributed by atoms with E-state index in [1.54, 1.807) is 42.5 Å². The van der Waals surface area contributed by atoms with Crippen LogP contribution in [0.25, 0.3) is 11.1 Å². The second-order valence-electron chi connectivity index (χ2n) is 11.0. The molecular weight excluding hydrogens is 528 g/mol. The van der Waals surface area contributed by atoms with Crippen LogP contribution in [0.2, 0.25) is 0 Å². The summed E-state index contributed by atoms with van der Waals surface area (Å²) in [6.45, 7) is 2.22. The lowest BCUT2D eigenvalue weighted by molar-refractivity contribution is 0.166. The van der Waals surface area contributed by atoms with Gasteiger partial charge in [0.15, 0.2) is 23.2 Å². The van der Waals surface area contributed by atoms with Crippen molar-refractivity contribution in [2.24, 2.45) is 5.92 Å². The number of hydrogen-bond donors (Lipinski definition) is 1. The van der Waals surface area contributed by atoms with E-state index in [2.05, 4.69) is 5.92 Å². The van der Waals surface area contributed by atoms with Gasteiger partial charge in [-0.3, -0.25) is 0 Å². The summed E-state index contributed by atoms with van der Waals surface area (Å²) in [7, 11) is 0. The first kappa shape index (κ1) is 30.7. The van der Waals surface area contributed by atoms with E-state index in [0.717, 1.165) is 24.8 Å². The van der Waals surface area contributed by atoms with Crippen molar-refractivity contribution in [3.8, 4) is 29.2 Å². The van der Waals surface area contributed by atoms with E-state index in [1.165, 1.54) is 6.07 Å². The molecule has 0 radical (unpaired) electrons. The largest absolute Gasteiger partial charge is 0.490 e. The Hall–Kier alpha value is -3.30. The molecule has 6 heteroatoms. The Labute approximate surface area is 240 Å². The maximum atomic E-state index is 15.2. The van der Waals surface area contributed by atoms with Crippen molar-refractivity contribution < 1.29 is 27.4 Å². The summed E-state index contributed by atoms with van der Waals surface area (Å²) in [6.07, 6.45) is 11.4. The van der Waals surface area contributed by atoms with E-state index >= 15 is 8.78 Å². The molecule has 1 aliphatic carbocycles. The van der Waals surface area contributed by atoms with Crippen LogP contribution in [-0.2, 0) is 6.42 Å². The van der Waals surface area contributed by atoms with E-state index in [4.69, 9.17) is 11.2 Å². The van der Waals surface area contributed by atoms with Crippen LogP contribution in [0, 0.1) is 41.5 Å². The molecule has 0 bridgehead atoms. The molecule has 1 unspecified atom stereocenters. The maximum absolute atomic E-state index is 15.2. The molecule has 218 valence electrons. The summed E-state index contributed by atoms with van der Waals surface area (Å²) >= 11 is 0. The average Bonchev–Trinajstić information content (AvgIpc) is 2.99. The fourth-order valence-electron chi connectivity index (χ4n) is 5.78. The number of unbranched alkanes of at least 4 members (excludes halogenated alkanes) is 1. The molecule has 0 saturated heterocycles. The molecule has 0 heterocycles. The molecule has 2 nitrogen and oxygen atoms in total. The predicted octanol–water partition coefficient (Wildman–Crippen LogP) is 9.44. The standard InChI is InChI=1S/C35H38F4O2/c1-3-5-6-22-41-31-21-18-27(32(36)35(31)39)13-10-23-8-11-24(12-9-23)28-19-20-29(34(38)33(28)37)25-14-16-26(17-15-25)30(40)7-4-2/h1,14-21,23-24,30,40H,4-13,22H2,2H3. The van der Waals surface area contributed by atoms with Crippen molar-refractivity contribution in [3.63, 3.8) is 0 Å². The third-order valence-electron chi connectivity index (χ3n) is 8.24. The molecule has 3 aromatic carbocycles. The Morgan fingerprint density at radius 2 is 1.63 bits per heavy atom. The minimum Gasteiger partial charge on any atom is -0.490 e. The average molecular weight is 567 g/mol. The molecule has 0 aliphatic heterocycles. The zero-order valence-corrected chi connectivity index (χ0v) is 23.6. The highest BCUT2D eigenvalue weighted by Gasteiger charge is 2.27. The number of aliphatic hydroxyl groups is 1. The van der Waals surface area contributed by atoms with Crippen LogP contribution in [0.1, 0.15) is 93.4 Å². The lowest BCUT2D eigenvalue weighted by Gasteiger charge is -2.29. The molecular formula is C35H38F4O2. The van der Waals surface area contributed by atoms with Gasteiger partial charge >= 0.3 is 0 Å². The topological polar surface area (TPSA) is 29.5 Å². The zero-order chi connectivity index (χ0) is 29.4. The van der Waals surface area contributed by atoms with Crippen LogP contribution in [0.4, 0.5) is 17.6 Å². The van der Waals surface area contributed by atoms with Gasteiger partial charge in [-0.25, -0.2) is 13.2 Å². The summed E-state index contributed by atoms with van der Waals surface area (Å²) < 4.78 is 64.8. The van der Waals surface area contributed by atoms with Gasteiger partial charge in [0, 0.05) is 12.0 Å². The minimum atomic E-state index is -0.974. The smallest absolute Gasteiger partial charge is 0.200 e. The highest BCUT2D eigenvalue weighted by molar-refractivity contribution is 5.65. The van der Waals surface area contributed by atoms with Crippen LogP contribution >= 0.6 is 0 Å². The Bertz CT molecular complexity index is 1340. The van der Waals surface area contributed by atoms with Crippen molar-refractivity contribution >= 4 is 0 Å². The second kappa shape index (κ2) is 14.5. The number of benzene rings is 3. The van der Waals surface area contributed by atoms with Crippen molar-refractivity contribution in [1.29, 1.82) is 0 Å². The minimum absolute atomic E-state index is 0.0820. The second-order valence-corrected chi connectivity index (χ2v) is 11.0. The van der Waals surface area contributed by atoms with E-state index in [0.29, 0.717) is 67.6 Å². The number of rotatable bonds is 12. The first-order valence-corrected chi connectivity index (χ1v) is 14.6. The van der Waals surface area contributed by atoms with Gasteiger partial charge in [0.1, 0.15) is 0 Å². The van der Waals surface area contributed by atoms with Crippen LogP contribution in [0.3, 0.4) is 0 Å². The van der Waals surface area contributed by atoms with Gasteiger partial charge in [-0.1, -0.05) is 55.8 Å². The summed E-state index contributed by atoms with van der Waals surface area (Å²) in [4.78, 5) is 0. The van der Waals surface area contributed by atoms with E-state index in [-0.39, 0.29) is 23.8 Å². The van der Waals surface area contributed by atoms with Crippen LogP contribution < -0.4 is 4.74 Å². The molecule has 0 amide bonds. The summed E-state index contributed by atoms with van der Waals surface area (Å²) in [5.74, 6) is -0.910. The first-order chi connectivity index (χ1) is 19.8. The van der Waals surface area contributed by atoms with E-state index in [9.17, 15) is 13.9 Å². The fourth-order valence-corrected chi connectivity index (χ4v) is 5.78. The lowest BCUT2D eigenvalue weighted by Crippen LogP contribution is -2.16. The maximum Gasteiger partial charge on any atom is 0.200 e. The van der Waals surface area contributed by atoms with Crippen molar-refractivity contribution in [2.75, 3.05) is 6.61 Å². The van der Waals surface area contributed by atoms with E-state index < -0.39 is 29.4 Å². The Morgan fingerprint density at radius 3 is 2.32 bits per heavy atom. The molecule has 3 aromatic rings. The Morgan fingerprint density at radius 1 is 0.902 bits per heavy atom. The van der Waals surface area contributed by atoms with Crippen LogP contribution in [0.15, 0.2) is 48.5 Å². The van der Waals surface area contributed by atoms with Gasteiger partial charge in [0.25, 0.3) is 0 Å². The predicted molar refractivity (Wildman–Crippen MR) is 155 cm³/mol. The van der Waals surface area contributed by atoms with E-state index in [1.807, 2.05) is 6.92 Å². The van der Waals surface area contributed by atoms with Crippen molar-refractivity contribution in [3.05, 3.63) is 88.5 Å². The first-order valence-electron chi connectivity index (χ1n) is 14.6. The van der Waals surface area contributed by atoms with Gasteiger partial charge in [-0.15, -0.1) is 12.3 Å². The number of halogens is 4. The van der Waals surface area contributed by atoms with Gasteiger partial charge in [0.2, 0.25) is 5.82 Å². The molecule has 1 saturated carbocycles. The zero-order valence-electron chi connectivity index (χ0n) is 23.6. The summed E-state index contributed by atoms with van der Waals surface area (Å²) in [6, 6.07) is 13.3. The number of aryl methyl sites for hydroxylation is 1. The van der Waals surface area contributed by atoms with Crippen LogP contribution in [-0.4, -0.2) is 11.7 Å². The number of hydrogen-bond acceptors (Lipinski definition) is 2. The monoisotopic (exact) mass is 566 g/mol. The number of terminal acetylenes is 1. The van der Waals surface area contributed by atoms with Gasteiger partial charge in [-0.2, -0.15) is 4.39 Å². The van der Waals surface area contributed by atoms with Crippen molar-refractivity contribution in [1.82, 2.24) is 0 Å². The molecule has 1 atom stereocenters. The third kappa shape index (κ3) is 7.51. The van der Waals surface area contributed by atoms with Gasteiger partial charge in [-0.05, 0) is 91.5 Å². The molecule has 1 fully saturated rings. The molecule has 1 aliphatic rings. The van der Waals surface area contributed by atoms with Gasteiger partial charge < -0.3 is 9.84 Å². The molecule has 0 aromatic heterocycles. The number of aliphatic hydroxyl groups excluding tert-OH is 1. The van der Waals surface area contributed by atoms with Crippen LogP contribution in [0.5, 0.6) is 5.75 Å². The third-order valence-corrected chi connectivity index (χ3v) is 8.24. The molecule has 0 spiro atoms. The highest BCUT2D eigenvalue weighted by Crippen LogP contribution is 2.40. The normalized spacial score (nSPS) is 17.7. The Balaban J connectivity index is 1.32. The summed E-state index contributed by atoms with van der Waals surface area (Å²) in [5.41, 5.74) is 2.24. The Kier molecular flexibility index (Phi) is 10.9. The molecule has 41 heavy (non-hydrogen) atoms. The number of ether oxygens (including phenoxy) is 1. The molecule has 1 N–H and O–H groups in total. The fraction of sp³-hybridized carbons (Fsp3) is 0.429. The highest BCUT2D eigenvalue weighted by atomic mass is 19.2. The summed E-state index contributed by atoms with van der Waals surface area (Å²) in [5, 5.41) is 10.2. The van der Waals surface area contributed by atoms with Crippen molar-refractivity contribution in [2.45, 2.75) is 83.2 Å². The van der Waals surface area contributed by atoms with Gasteiger partial charge in [0.05, 0.1) is 12.7 Å².